The summed E-state index contributed by atoms with van der Waals surface area (Å²) in [6.07, 6.45) is 0. The molecule has 0 aliphatic carbocycles. The van der Waals surface area contributed by atoms with E-state index < -0.39 is 0 Å². The topological polar surface area (TPSA) is 69.9 Å². The van der Waals surface area contributed by atoms with Crippen molar-refractivity contribution in [2.45, 2.75) is 6.92 Å². The van der Waals surface area contributed by atoms with Crippen LogP contribution in [0.15, 0.2) is 160 Å². The minimum Gasteiger partial charge on any atom is -0.456 e. The summed E-state index contributed by atoms with van der Waals surface area (Å²) in [4.78, 5) is 15.2. The predicted octanol–water partition coefficient (Wildman–Crippen LogP) is 12.1. The molecule has 0 atom stereocenters. The number of fused-ring (bicyclic) bond motifs is 9. The lowest BCUT2D eigenvalue weighted by atomic mass is 9.97. The van der Waals surface area contributed by atoms with Gasteiger partial charge in [-0.25, -0.2) is 4.98 Å². The fourth-order valence-corrected chi connectivity index (χ4v) is 7.71. The molecule has 0 radical (unpaired) electrons. The molecule has 0 fully saturated rings. The molecule has 0 saturated carbocycles. The Bertz CT molecular complexity index is 3150. The van der Waals surface area contributed by atoms with E-state index in [4.69, 9.17) is 23.8 Å². The number of aromatic nitrogens is 4. The van der Waals surface area contributed by atoms with Gasteiger partial charge in [-0.2, -0.15) is 9.97 Å². The molecule has 0 spiro atoms. The van der Waals surface area contributed by atoms with Crippen LogP contribution in [0.3, 0.4) is 0 Å². The highest BCUT2D eigenvalue weighted by atomic mass is 16.3. The predicted molar refractivity (Wildman–Crippen MR) is 210 cm³/mol. The van der Waals surface area contributed by atoms with Crippen LogP contribution in [0.2, 0.25) is 0 Å². The highest BCUT2D eigenvalue weighted by Crippen LogP contribution is 2.40. The minimum atomic E-state index is 0.562. The number of benzene rings is 7. The number of rotatable bonds is 4. The summed E-state index contributed by atoms with van der Waals surface area (Å²) < 4.78 is 14.9. The van der Waals surface area contributed by atoms with Crippen molar-refractivity contribution in [1.82, 2.24) is 19.5 Å². The van der Waals surface area contributed by atoms with Crippen molar-refractivity contribution in [2.24, 2.45) is 0 Å². The van der Waals surface area contributed by atoms with Gasteiger partial charge in [0.2, 0.25) is 5.95 Å². The number of aryl methyl sites for hydroxylation is 1. The molecular formula is C46H28N4O2. The number of para-hydroxylation sites is 2. The summed E-state index contributed by atoms with van der Waals surface area (Å²) in [5, 5.41) is 6.62. The van der Waals surface area contributed by atoms with Crippen molar-refractivity contribution in [3.05, 3.63) is 157 Å². The molecule has 6 nitrogen and oxygen atoms in total. The van der Waals surface area contributed by atoms with Crippen molar-refractivity contribution in [3.8, 4) is 39.9 Å². The van der Waals surface area contributed by atoms with Gasteiger partial charge in [0.25, 0.3) is 0 Å². The quantitative estimate of drug-likeness (QED) is 0.187. The first-order valence-corrected chi connectivity index (χ1v) is 17.4. The van der Waals surface area contributed by atoms with Gasteiger partial charge in [-0.1, -0.05) is 103 Å². The minimum absolute atomic E-state index is 0.562. The summed E-state index contributed by atoms with van der Waals surface area (Å²) in [5.41, 5.74) is 10.6. The number of furan rings is 2. The van der Waals surface area contributed by atoms with E-state index >= 15 is 0 Å². The highest BCUT2D eigenvalue weighted by molar-refractivity contribution is 6.14. The molecular weight excluding hydrogens is 641 g/mol. The maximum absolute atomic E-state index is 6.50. The molecule has 7 aromatic carbocycles. The van der Waals surface area contributed by atoms with Crippen LogP contribution in [0.25, 0.3) is 106 Å². The molecule has 0 amide bonds. The second-order valence-electron chi connectivity index (χ2n) is 13.3. The van der Waals surface area contributed by atoms with E-state index in [0.29, 0.717) is 17.6 Å². The fraction of sp³-hybridized carbons (Fsp3) is 0.0217. The van der Waals surface area contributed by atoms with Gasteiger partial charge in [0.05, 0.1) is 11.0 Å². The third-order valence-corrected chi connectivity index (χ3v) is 10.1. The van der Waals surface area contributed by atoms with E-state index in [1.807, 2.05) is 42.5 Å². The molecule has 0 aliphatic rings. The van der Waals surface area contributed by atoms with Gasteiger partial charge in [0, 0.05) is 43.4 Å². The third kappa shape index (κ3) is 4.34. The van der Waals surface area contributed by atoms with Gasteiger partial charge in [-0.15, -0.1) is 0 Å². The molecule has 11 aromatic rings. The summed E-state index contributed by atoms with van der Waals surface area (Å²) >= 11 is 0. The molecule has 0 bridgehead atoms. The Balaban J connectivity index is 1.08. The molecule has 0 saturated heterocycles. The normalized spacial score (nSPS) is 11.9. The maximum atomic E-state index is 6.50. The smallest absolute Gasteiger partial charge is 0.238 e. The van der Waals surface area contributed by atoms with Crippen LogP contribution >= 0.6 is 0 Å². The molecule has 0 unspecified atom stereocenters. The number of nitrogens with zero attached hydrogens (tertiary/aromatic N) is 4. The van der Waals surface area contributed by atoms with Crippen LogP contribution in [0.5, 0.6) is 0 Å². The molecule has 0 N–H and O–H groups in total. The molecule has 4 heterocycles. The second kappa shape index (κ2) is 11.0. The Labute approximate surface area is 297 Å². The van der Waals surface area contributed by atoms with Crippen molar-refractivity contribution in [1.29, 1.82) is 0 Å². The lowest BCUT2D eigenvalue weighted by Crippen LogP contribution is -2.06. The van der Waals surface area contributed by atoms with Crippen LogP contribution in [0, 0.1) is 6.92 Å². The molecule has 11 rings (SSSR count). The lowest BCUT2D eigenvalue weighted by molar-refractivity contribution is 0.669. The van der Waals surface area contributed by atoms with E-state index in [1.165, 1.54) is 5.56 Å². The first kappa shape index (κ1) is 28.8. The van der Waals surface area contributed by atoms with Gasteiger partial charge in [-0.3, -0.25) is 4.57 Å². The summed E-state index contributed by atoms with van der Waals surface area (Å²) in [7, 11) is 0. The Morgan fingerprint density at radius 1 is 0.423 bits per heavy atom. The fourth-order valence-electron chi connectivity index (χ4n) is 7.71. The average Bonchev–Trinajstić information content (AvgIpc) is 3.87. The summed E-state index contributed by atoms with van der Waals surface area (Å²) in [6, 6.07) is 52.1. The molecule has 4 aromatic heterocycles. The zero-order valence-corrected chi connectivity index (χ0v) is 28.0. The van der Waals surface area contributed by atoms with Crippen LogP contribution in [0.4, 0.5) is 0 Å². The summed E-state index contributed by atoms with van der Waals surface area (Å²) in [6.45, 7) is 2.11. The molecule has 6 heteroatoms. The maximum Gasteiger partial charge on any atom is 0.238 e. The van der Waals surface area contributed by atoms with E-state index in [1.54, 1.807) is 0 Å². The largest absolute Gasteiger partial charge is 0.456 e. The monoisotopic (exact) mass is 668 g/mol. The Morgan fingerprint density at radius 3 is 1.90 bits per heavy atom. The zero-order valence-electron chi connectivity index (χ0n) is 28.0. The van der Waals surface area contributed by atoms with Gasteiger partial charge in [-0.05, 0) is 72.6 Å². The number of hydrogen-bond acceptors (Lipinski definition) is 5. The van der Waals surface area contributed by atoms with Crippen molar-refractivity contribution >= 4 is 65.7 Å². The van der Waals surface area contributed by atoms with E-state index in [2.05, 4.69) is 121 Å². The first-order chi connectivity index (χ1) is 25.7. The van der Waals surface area contributed by atoms with Crippen molar-refractivity contribution in [3.63, 3.8) is 0 Å². The SMILES string of the molecule is Cc1ccc2oc3cccc(-c4ccc5oc6cc(-c7nc(-c8ccccc8)nc(-n8c9ccccc9c9ccccc98)n7)ccc6c5c4)c3c2c1. The zero-order chi connectivity index (χ0) is 34.3. The first-order valence-electron chi connectivity index (χ1n) is 17.4. The Hall–Kier alpha value is -7.05. The third-order valence-electron chi connectivity index (χ3n) is 10.1. The summed E-state index contributed by atoms with van der Waals surface area (Å²) in [5.74, 6) is 1.74. The standard InChI is InChI=1S/C46H28N4O2/c1-27-18-22-40-36(24-27)43-31(14-9-17-41(43)51-40)29-20-23-39-35(25-29)34-21-19-30(26-42(34)52-39)45-47-44(28-10-3-2-4-11-28)48-46(49-45)50-37-15-7-5-12-32(37)33-13-6-8-16-38(33)50/h2-26H,1H3. The highest BCUT2D eigenvalue weighted by Gasteiger charge is 2.19. The Kier molecular flexibility index (Phi) is 6.07. The van der Waals surface area contributed by atoms with Gasteiger partial charge in [0.1, 0.15) is 22.3 Å². The lowest BCUT2D eigenvalue weighted by Gasteiger charge is -2.10. The average molecular weight is 669 g/mol. The van der Waals surface area contributed by atoms with Crippen LogP contribution in [-0.4, -0.2) is 19.5 Å². The molecule has 0 aliphatic heterocycles. The number of hydrogen-bond donors (Lipinski definition) is 0. The van der Waals surface area contributed by atoms with E-state index in [-0.39, 0.29) is 0 Å². The van der Waals surface area contributed by atoms with E-state index in [9.17, 15) is 0 Å². The molecule has 52 heavy (non-hydrogen) atoms. The van der Waals surface area contributed by atoms with Gasteiger partial charge < -0.3 is 8.83 Å². The van der Waals surface area contributed by atoms with Crippen molar-refractivity contribution < 1.29 is 8.83 Å². The van der Waals surface area contributed by atoms with Crippen molar-refractivity contribution in [2.75, 3.05) is 0 Å². The van der Waals surface area contributed by atoms with Gasteiger partial charge in [0.15, 0.2) is 11.6 Å². The van der Waals surface area contributed by atoms with Crippen LogP contribution in [0.1, 0.15) is 5.56 Å². The Morgan fingerprint density at radius 2 is 1.10 bits per heavy atom. The second-order valence-corrected chi connectivity index (χ2v) is 13.3. The molecule has 244 valence electrons. The van der Waals surface area contributed by atoms with Crippen LogP contribution in [-0.2, 0) is 0 Å². The van der Waals surface area contributed by atoms with Crippen LogP contribution < -0.4 is 0 Å². The van der Waals surface area contributed by atoms with E-state index in [0.717, 1.165) is 87.9 Å². The van der Waals surface area contributed by atoms with Gasteiger partial charge >= 0.3 is 0 Å².